The van der Waals surface area contributed by atoms with Crippen molar-refractivity contribution in [1.82, 2.24) is 5.32 Å². The fourth-order valence-electron chi connectivity index (χ4n) is 2.47. The minimum atomic E-state index is 0.481. The van der Waals surface area contributed by atoms with Gasteiger partial charge in [0.25, 0.3) is 0 Å². The molecule has 0 saturated carbocycles. The predicted octanol–water partition coefficient (Wildman–Crippen LogP) is 3.06. The Balaban J connectivity index is 4.56. The Labute approximate surface area is 77.9 Å². The van der Waals surface area contributed by atoms with Crippen molar-refractivity contribution in [2.24, 2.45) is 11.3 Å². The Morgan fingerprint density at radius 3 is 1.58 bits per heavy atom. The second-order valence-corrected chi connectivity index (χ2v) is 4.11. The van der Waals surface area contributed by atoms with Crippen LogP contribution in [0.25, 0.3) is 0 Å². The lowest BCUT2D eigenvalue weighted by molar-refractivity contribution is 0.117. The highest BCUT2D eigenvalue weighted by Crippen LogP contribution is 2.38. The summed E-state index contributed by atoms with van der Waals surface area (Å²) in [7, 11) is 2.06. The first-order valence-corrected chi connectivity index (χ1v) is 5.22. The molecule has 0 aliphatic carbocycles. The SMILES string of the molecule is CCC(CC)(C(C)C)C(C)NC. The van der Waals surface area contributed by atoms with Crippen LogP contribution in [-0.2, 0) is 0 Å². The van der Waals surface area contributed by atoms with Crippen molar-refractivity contribution >= 4 is 0 Å². The summed E-state index contributed by atoms with van der Waals surface area (Å²) >= 11 is 0. The van der Waals surface area contributed by atoms with Crippen LogP contribution in [0.1, 0.15) is 47.5 Å². The van der Waals surface area contributed by atoms with Gasteiger partial charge in [0.2, 0.25) is 0 Å². The lowest BCUT2D eigenvalue weighted by Crippen LogP contribution is -2.44. The maximum absolute atomic E-state index is 3.39. The highest BCUT2D eigenvalue weighted by molar-refractivity contribution is 4.88. The van der Waals surface area contributed by atoms with Crippen molar-refractivity contribution < 1.29 is 0 Å². The average molecular weight is 171 g/mol. The lowest BCUT2D eigenvalue weighted by Gasteiger charge is -2.41. The minimum Gasteiger partial charge on any atom is -0.317 e. The van der Waals surface area contributed by atoms with Gasteiger partial charge in [-0.3, -0.25) is 0 Å². The second kappa shape index (κ2) is 4.86. The average Bonchev–Trinajstić information content (AvgIpc) is 2.06. The molecule has 0 fully saturated rings. The molecule has 0 heterocycles. The fraction of sp³-hybridized carbons (Fsp3) is 1.00. The number of rotatable bonds is 5. The van der Waals surface area contributed by atoms with Crippen LogP contribution in [0.4, 0.5) is 0 Å². The van der Waals surface area contributed by atoms with Crippen molar-refractivity contribution in [1.29, 1.82) is 0 Å². The van der Waals surface area contributed by atoms with E-state index in [2.05, 4.69) is 47.0 Å². The van der Waals surface area contributed by atoms with Crippen LogP contribution >= 0.6 is 0 Å². The van der Waals surface area contributed by atoms with Crippen molar-refractivity contribution in [3.63, 3.8) is 0 Å². The highest BCUT2D eigenvalue weighted by atomic mass is 14.9. The molecule has 0 rings (SSSR count). The van der Waals surface area contributed by atoms with Crippen LogP contribution < -0.4 is 5.32 Å². The molecule has 1 nitrogen and oxygen atoms in total. The molecular formula is C11H25N. The molecule has 0 bridgehead atoms. The molecule has 0 aromatic rings. The summed E-state index contributed by atoms with van der Waals surface area (Å²) in [6, 6.07) is 0.618. The first-order valence-electron chi connectivity index (χ1n) is 5.22. The molecule has 1 N–H and O–H groups in total. The van der Waals surface area contributed by atoms with E-state index in [4.69, 9.17) is 0 Å². The van der Waals surface area contributed by atoms with E-state index in [1.807, 2.05) is 0 Å². The van der Waals surface area contributed by atoms with Gasteiger partial charge in [0.15, 0.2) is 0 Å². The van der Waals surface area contributed by atoms with Crippen LogP contribution in [0.5, 0.6) is 0 Å². The van der Waals surface area contributed by atoms with Gasteiger partial charge in [-0.2, -0.15) is 0 Å². The van der Waals surface area contributed by atoms with Gasteiger partial charge in [-0.05, 0) is 38.1 Å². The topological polar surface area (TPSA) is 12.0 Å². The zero-order chi connectivity index (χ0) is 9.78. The summed E-state index contributed by atoms with van der Waals surface area (Å²) in [6.07, 6.45) is 2.53. The van der Waals surface area contributed by atoms with Gasteiger partial charge in [-0.15, -0.1) is 0 Å². The van der Waals surface area contributed by atoms with Gasteiger partial charge in [0.1, 0.15) is 0 Å². The van der Waals surface area contributed by atoms with E-state index < -0.39 is 0 Å². The smallest absolute Gasteiger partial charge is 0.00944 e. The Kier molecular flexibility index (Phi) is 4.84. The summed E-state index contributed by atoms with van der Waals surface area (Å²) in [5.74, 6) is 0.759. The second-order valence-electron chi connectivity index (χ2n) is 4.11. The van der Waals surface area contributed by atoms with E-state index in [1.165, 1.54) is 12.8 Å². The third kappa shape index (κ3) is 2.01. The van der Waals surface area contributed by atoms with E-state index in [-0.39, 0.29) is 0 Å². The van der Waals surface area contributed by atoms with Crippen molar-refractivity contribution in [3.05, 3.63) is 0 Å². The standard InChI is InChI=1S/C11H25N/c1-7-11(8-2,9(3)4)10(5)12-6/h9-10,12H,7-8H2,1-6H3. The van der Waals surface area contributed by atoms with Gasteiger partial charge in [0, 0.05) is 6.04 Å². The van der Waals surface area contributed by atoms with Crippen LogP contribution in [0.2, 0.25) is 0 Å². The number of nitrogens with one attached hydrogen (secondary N) is 1. The summed E-state index contributed by atoms with van der Waals surface area (Å²) in [4.78, 5) is 0. The van der Waals surface area contributed by atoms with E-state index in [0.717, 1.165) is 5.92 Å². The summed E-state index contributed by atoms with van der Waals surface area (Å²) in [5, 5.41) is 3.39. The fourth-order valence-corrected chi connectivity index (χ4v) is 2.47. The Bertz CT molecular complexity index is 114. The minimum absolute atomic E-state index is 0.481. The molecule has 1 atom stereocenters. The molecule has 12 heavy (non-hydrogen) atoms. The van der Waals surface area contributed by atoms with Gasteiger partial charge in [-0.1, -0.05) is 27.7 Å². The molecule has 0 aliphatic rings. The third-order valence-electron chi connectivity index (χ3n) is 3.76. The maximum atomic E-state index is 3.39. The van der Waals surface area contributed by atoms with E-state index in [0.29, 0.717) is 11.5 Å². The van der Waals surface area contributed by atoms with Gasteiger partial charge in [-0.25, -0.2) is 0 Å². The summed E-state index contributed by atoms with van der Waals surface area (Å²) < 4.78 is 0. The van der Waals surface area contributed by atoms with Crippen molar-refractivity contribution in [2.45, 2.75) is 53.5 Å². The molecule has 1 heteroatoms. The van der Waals surface area contributed by atoms with E-state index >= 15 is 0 Å². The summed E-state index contributed by atoms with van der Waals surface area (Å²) in [6.45, 7) is 11.6. The van der Waals surface area contributed by atoms with Crippen LogP contribution in [-0.4, -0.2) is 13.1 Å². The Hall–Kier alpha value is -0.0400. The van der Waals surface area contributed by atoms with Gasteiger partial charge in [0.05, 0.1) is 0 Å². The zero-order valence-corrected chi connectivity index (χ0v) is 9.57. The van der Waals surface area contributed by atoms with Crippen LogP contribution in [0.3, 0.4) is 0 Å². The largest absolute Gasteiger partial charge is 0.317 e. The van der Waals surface area contributed by atoms with Crippen LogP contribution in [0.15, 0.2) is 0 Å². The molecule has 0 aliphatic heterocycles. The Morgan fingerprint density at radius 1 is 1.08 bits per heavy atom. The van der Waals surface area contributed by atoms with E-state index in [9.17, 15) is 0 Å². The quantitative estimate of drug-likeness (QED) is 0.670. The molecule has 0 amide bonds. The molecule has 0 spiro atoms. The monoisotopic (exact) mass is 171 g/mol. The highest BCUT2D eigenvalue weighted by Gasteiger charge is 2.34. The molecule has 74 valence electrons. The molecule has 0 aromatic carbocycles. The summed E-state index contributed by atoms with van der Waals surface area (Å²) in [5.41, 5.74) is 0.481. The first-order chi connectivity index (χ1) is 5.55. The van der Waals surface area contributed by atoms with Gasteiger partial charge < -0.3 is 5.32 Å². The predicted molar refractivity (Wildman–Crippen MR) is 56.4 cm³/mol. The van der Waals surface area contributed by atoms with E-state index in [1.54, 1.807) is 0 Å². The number of hydrogen-bond donors (Lipinski definition) is 1. The molecule has 0 radical (unpaired) electrons. The van der Waals surface area contributed by atoms with Crippen LogP contribution in [0, 0.1) is 11.3 Å². The normalized spacial score (nSPS) is 15.2. The zero-order valence-electron chi connectivity index (χ0n) is 9.57. The molecule has 0 saturated heterocycles. The first kappa shape index (κ1) is 12.0. The third-order valence-corrected chi connectivity index (χ3v) is 3.76. The Morgan fingerprint density at radius 2 is 1.50 bits per heavy atom. The maximum Gasteiger partial charge on any atom is 0.00944 e. The molecular weight excluding hydrogens is 146 g/mol. The van der Waals surface area contributed by atoms with Gasteiger partial charge >= 0.3 is 0 Å². The molecule has 1 unspecified atom stereocenters. The molecule has 0 aromatic heterocycles. The lowest BCUT2D eigenvalue weighted by atomic mass is 9.68. The van der Waals surface area contributed by atoms with Crippen molar-refractivity contribution in [3.8, 4) is 0 Å². The number of hydrogen-bond acceptors (Lipinski definition) is 1. The van der Waals surface area contributed by atoms with Crippen molar-refractivity contribution in [2.75, 3.05) is 7.05 Å².